The molecule has 6 aliphatic rings. The summed E-state index contributed by atoms with van der Waals surface area (Å²) in [5, 5.41) is 0. The van der Waals surface area contributed by atoms with Crippen molar-refractivity contribution in [2.45, 2.75) is 259 Å². The van der Waals surface area contributed by atoms with Gasteiger partial charge in [-0.2, -0.15) is 19.3 Å². The number of benzene rings is 3. The molecule has 2 radical (unpaired) electrons. The second kappa shape index (κ2) is 34.9. The van der Waals surface area contributed by atoms with Crippen molar-refractivity contribution >= 4 is 40.0 Å². The van der Waals surface area contributed by atoms with Gasteiger partial charge in [-0.1, -0.05) is 205 Å². The summed E-state index contributed by atoms with van der Waals surface area (Å²) in [6, 6.07) is 23.0. The Kier molecular flexibility index (Phi) is 34.7. The van der Waals surface area contributed by atoms with Crippen molar-refractivity contribution in [1.29, 1.82) is 0 Å². The van der Waals surface area contributed by atoms with E-state index in [4.69, 9.17) is 9.47 Å². The average molecular weight is 1320 g/mol. The van der Waals surface area contributed by atoms with Crippen LogP contribution in [0.2, 0.25) is 0 Å². The van der Waals surface area contributed by atoms with Gasteiger partial charge in [-0.15, -0.1) is 0 Å². The molecule has 1 saturated carbocycles. The molecule has 0 N–H and O–H groups in total. The second-order valence-corrected chi connectivity index (χ2v) is 28.2. The Morgan fingerprint density at radius 2 is 0.829 bits per heavy atom. The standard InChI is InChI=1S/C49H69N.2C4H8O.3C4H9.Al.Li.Pd.Pt/c1-30(2)40-18-17-19-41(31(3)4)45(40)50-44-33-22-20-32(21-23-33)43(44)42(34-24-36(46(5,6)7)28-37(25-34)47(8,9)10)35-26-38(48(11,12)13)29-39(27-35)49(14,15)16;2*1-2-4-5-3-1;3*1-3-4-2;;;;/h17-19,24-33H,20-23H2,1-16H3;2*1-4H2;3*1,3-4H2,2H3;;;;/q-1;;;3*-1;+1;;;. The number of rotatable bonds is 8. The van der Waals surface area contributed by atoms with E-state index in [-0.39, 0.29) is 102 Å². The zero-order chi connectivity index (χ0) is 55.0. The SMILES string of the molecule is C1CCOC1.C1CCOC1.CC(C)c1cccc(C(C)C)c1[N]1[Al][C](c2cc(C(C)(C)C)cc(C(C)(C)C)c2)(c2cc(C(C)(C)C)cc(C(C)(C)C)c2)C2=C1C1CCC2CC1.[CH2-]CCC.[CH2-]CCC.[CH2-]CCC.[Li].[Pd].[Pt]. The van der Waals surface area contributed by atoms with Gasteiger partial charge in [0.2, 0.25) is 0 Å². The molecule has 2 bridgehead atoms. The number of nitrogens with zero attached hydrogens (tertiary/aromatic N) is 1. The molecular formula is C69H112AlLiNO2PdPt-3. The van der Waals surface area contributed by atoms with Gasteiger partial charge in [0.25, 0.3) is 0 Å². The molecule has 3 aromatic rings. The summed E-state index contributed by atoms with van der Waals surface area (Å²) in [5.74, 6) is 2.20. The summed E-state index contributed by atoms with van der Waals surface area (Å²) in [7, 11) is 0. The third-order valence-electron chi connectivity index (χ3n) is 15.3. The summed E-state index contributed by atoms with van der Waals surface area (Å²) in [4.78, 5) is 0. The van der Waals surface area contributed by atoms with Crippen molar-refractivity contribution in [2.75, 3.05) is 30.3 Å². The van der Waals surface area contributed by atoms with Crippen LogP contribution in [0.4, 0.5) is 5.69 Å². The van der Waals surface area contributed by atoms with E-state index in [1.165, 1.54) is 104 Å². The summed E-state index contributed by atoms with van der Waals surface area (Å²) >= 11 is -0.221. The van der Waals surface area contributed by atoms with Gasteiger partial charge in [0.05, 0.1) is 0 Å². The van der Waals surface area contributed by atoms with Crippen LogP contribution in [0.5, 0.6) is 0 Å². The Morgan fingerprint density at radius 1 is 0.539 bits per heavy atom. The molecule has 2 saturated heterocycles. The third kappa shape index (κ3) is 21.1. The van der Waals surface area contributed by atoms with Gasteiger partial charge in [-0.25, -0.2) is 0 Å². The predicted molar refractivity (Wildman–Crippen MR) is 330 cm³/mol. The number of para-hydroxylation sites is 1. The van der Waals surface area contributed by atoms with Crippen molar-refractivity contribution in [3.05, 3.63) is 131 Å². The molecule has 3 aliphatic carbocycles. The number of hydrogen-bond donors (Lipinski definition) is 0. The minimum atomic E-state index is -0.221. The van der Waals surface area contributed by atoms with Crippen molar-refractivity contribution in [2.24, 2.45) is 11.8 Å². The topological polar surface area (TPSA) is 21.7 Å². The molecule has 76 heavy (non-hydrogen) atoms. The Labute approximate surface area is 519 Å². The molecule has 0 atom stereocenters. The normalized spacial score (nSPS) is 18.3. The van der Waals surface area contributed by atoms with Crippen molar-refractivity contribution in [3.63, 3.8) is 0 Å². The van der Waals surface area contributed by atoms with Crippen LogP contribution in [0, 0.1) is 32.6 Å². The number of unbranched alkanes of at least 4 members (excludes halogenated alkanes) is 3. The van der Waals surface area contributed by atoms with Gasteiger partial charge in [0.15, 0.2) is 0 Å². The van der Waals surface area contributed by atoms with Crippen molar-refractivity contribution in [1.82, 2.24) is 0 Å². The first-order chi connectivity index (χ1) is 34.2. The molecule has 3 aliphatic heterocycles. The molecule has 0 amide bonds. The predicted octanol–water partition coefficient (Wildman–Crippen LogP) is 19.7. The number of allylic oxidation sites excluding steroid dienone is 2. The fraction of sp³-hybridized carbons (Fsp3) is 0.667. The Balaban J connectivity index is 0.00000188. The first kappa shape index (κ1) is 75.6. The third-order valence-corrected chi connectivity index (χ3v) is 17.5. The van der Waals surface area contributed by atoms with Crippen molar-refractivity contribution in [3.8, 4) is 0 Å². The van der Waals surface area contributed by atoms with E-state index in [0.717, 1.165) is 45.7 Å². The number of anilines is 1. The molecule has 432 valence electrons. The van der Waals surface area contributed by atoms with Crippen LogP contribution >= 0.6 is 0 Å². The number of fused-ring (bicyclic) bond motifs is 2. The first-order valence-corrected chi connectivity index (χ1v) is 30.7. The summed E-state index contributed by atoms with van der Waals surface area (Å²) in [6.07, 6.45) is 17.3. The molecule has 3 fully saturated rings. The number of hydrogen-bond acceptors (Lipinski definition) is 3. The maximum atomic E-state index is 4.94. The fourth-order valence-corrected chi connectivity index (χ4v) is 12.8. The molecular weight excluding hydrogens is 1210 g/mol. The molecule has 9 rings (SSSR count). The molecule has 3 nitrogen and oxygen atoms in total. The Bertz CT molecular complexity index is 1910. The van der Waals surface area contributed by atoms with Gasteiger partial charge in [-0.05, 0) is 152 Å². The van der Waals surface area contributed by atoms with Gasteiger partial charge >= 0.3 is 15.4 Å². The summed E-state index contributed by atoms with van der Waals surface area (Å²) < 4.78 is 12.7. The number of ether oxygens (including phenoxy) is 2. The summed E-state index contributed by atoms with van der Waals surface area (Å²) in [5.41, 5.74) is 17.3. The molecule has 7 heteroatoms. The maximum Gasteiger partial charge on any atom is 0.399 e. The van der Waals surface area contributed by atoms with Gasteiger partial charge in [0.1, 0.15) is 0 Å². The van der Waals surface area contributed by atoms with E-state index in [0.29, 0.717) is 23.7 Å². The van der Waals surface area contributed by atoms with Crippen LogP contribution in [-0.2, 0) is 76.9 Å². The Hall–Kier alpha value is -0.399. The second-order valence-electron chi connectivity index (χ2n) is 26.5. The van der Waals surface area contributed by atoms with E-state index >= 15 is 0 Å². The quantitative estimate of drug-likeness (QED) is 0.166. The fourth-order valence-electron chi connectivity index (χ4n) is 10.3. The zero-order valence-corrected chi connectivity index (χ0v) is 57.8. The van der Waals surface area contributed by atoms with Crippen LogP contribution in [-0.4, -0.2) is 60.7 Å². The molecule has 0 aromatic heterocycles. The first-order valence-electron chi connectivity index (χ1n) is 29.6. The van der Waals surface area contributed by atoms with E-state index < -0.39 is 0 Å². The van der Waals surface area contributed by atoms with Gasteiger partial charge in [0, 0.05) is 96.7 Å². The van der Waals surface area contributed by atoms with Crippen LogP contribution in [0.1, 0.15) is 278 Å². The Morgan fingerprint density at radius 3 is 1.07 bits per heavy atom. The van der Waals surface area contributed by atoms with E-state index in [1.54, 1.807) is 28.1 Å². The van der Waals surface area contributed by atoms with Crippen molar-refractivity contribution < 1.29 is 51.0 Å². The smallest absolute Gasteiger partial charge is 0.399 e. The van der Waals surface area contributed by atoms with E-state index in [9.17, 15) is 0 Å². The monoisotopic (exact) mass is 1320 g/mol. The average Bonchev–Trinajstić information content (AvgIpc) is 4.19. The van der Waals surface area contributed by atoms with Crippen LogP contribution in [0.25, 0.3) is 0 Å². The molecule has 3 heterocycles. The van der Waals surface area contributed by atoms with Crippen LogP contribution in [0.3, 0.4) is 0 Å². The van der Waals surface area contributed by atoms with E-state index in [1.807, 2.05) is 0 Å². The molecule has 3 aromatic carbocycles. The van der Waals surface area contributed by atoms with Crippen LogP contribution < -0.4 is 3.88 Å². The summed E-state index contributed by atoms with van der Waals surface area (Å²) in [6.45, 7) is 59.8. The molecule has 0 unspecified atom stereocenters. The van der Waals surface area contributed by atoms with Gasteiger partial charge in [-0.3, -0.25) is 0 Å². The van der Waals surface area contributed by atoms with Crippen LogP contribution in [0.15, 0.2) is 65.9 Å². The zero-order valence-electron chi connectivity index (χ0n) is 52.8. The maximum absolute atomic E-state index is 4.94. The van der Waals surface area contributed by atoms with E-state index in [2.05, 4.69) is 211 Å². The minimum Gasteiger partial charge on any atom is -0.443 e. The minimum absolute atomic E-state index is 0. The largest absolute Gasteiger partial charge is 0.443 e. The molecule has 0 spiro atoms. The van der Waals surface area contributed by atoms with Gasteiger partial charge < -0.3 is 34.1 Å².